The predicted molar refractivity (Wildman–Crippen MR) is 108 cm³/mol. The molecule has 0 amide bonds. The zero-order valence-electron chi connectivity index (χ0n) is 16.5. The van der Waals surface area contributed by atoms with Crippen molar-refractivity contribution >= 4 is 32.7 Å². The van der Waals surface area contributed by atoms with Crippen molar-refractivity contribution < 1.29 is 26.4 Å². The summed E-state index contributed by atoms with van der Waals surface area (Å²) in [4.78, 5) is 17.4. The van der Waals surface area contributed by atoms with Crippen LogP contribution in [0.2, 0.25) is 0 Å². The van der Waals surface area contributed by atoms with Gasteiger partial charge in [0.15, 0.2) is 0 Å². The Morgan fingerprint density at radius 3 is 2.39 bits per heavy atom. The lowest BCUT2D eigenvalue weighted by molar-refractivity contribution is -0.137. The van der Waals surface area contributed by atoms with Gasteiger partial charge >= 0.3 is 6.18 Å². The number of sulfonamides is 1. The van der Waals surface area contributed by atoms with Crippen molar-refractivity contribution in [1.29, 1.82) is 0 Å². The van der Waals surface area contributed by atoms with Crippen molar-refractivity contribution in [2.24, 2.45) is 0 Å². The standard InChI is InChI=1S/C20H19F3N4O3S/c1-14(28)27-7-5-15-12-17(2-3-18(15)27)31(29,30)26-10-8-25(9-11-26)19-13-16(4-6-24-19)20(21,22)23/h2-7,12-13H,8-11H2,1H3. The van der Waals surface area contributed by atoms with E-state index in [1.807, 2.05) is 0 Å². The Balaban J connectivity index is 1.52. The fraction of sp³-hybridized carbons (Fsp3) is 0.300. The highest BCUT2D eigenvalue weighted by Crippen LogP contribution is 2.31. The molecule has 7 nitrogen and oxygen atoms in total. The number of anilines is 1. The Hall–Kier alpha value is -2.92. The first-order valence-electron chi connectivity index (χ1n) is 9.48. The number of benzene rings is 1. The average molecular weight is 452 g/mol. The van der Waals surface area contributed by atoms with E-state index in [0.29, 0.717) is 10.9 Å². The van der Waals surface area contributed by atoms with E-state index in [9.17, 15) is 26.4 Å². The second kappa shape index (κ2) is 7.65. The van der Waals surface area contributed by atoms with Crippen LogP contribution >= 0.6 is 0 Å². The summed E-state index contributed by atoms with van der Waals surface area (Å²) in [6.45, 7) is 2.09. The molecule has 11 heteroatoms. The summed E-state index contributed by atoms with van der Waals surface area (Å²) < 4.78 is 67.7. The van der Waals surface area contributed by atoms with Crippen LogP contribution in [0.3, 0.4) is 0 Å². The number of hydrogen-bond donors (Lipinski definition) is 0. The summed E-state index contributed by atoms with van der Waals surface area (Å²) in [7, 11) is -3.79. The molecule has 1 fully saturated rings. The van der Waals surface area contributed by atoms with Crippen LogP contribution in [-0.2, 0) is 16.2 Å². The maximum atomic E-state index is 13.1. The third kappa shape index (κ3) is 4.02. The second-order valence-electron chi connectivity index (χ2n) is 7.22. The Morgan fingerprint density at radius 2 is 1.74 bits per heavy atom. The molecule has 31 heavy (non-hydrogen) atoms. The molecule has 4 rings (SSSR count). The molecule has 0 saturated carbocycles. The summed E-state index contributed by atoms with van der Waals surface area (Å²) in [5.74, 6) is -0.0104. The predicted octanol–water partition coefficient (Wildman–Crippen LogP) is 3.23. The van der Waals surface area contributed by atoms with Crippen LogP contribution in [0.5, 0.6) is 0 Å². The molecule has 0 N–H and O–H groups in total. The molecule has 2 aromatic heterocycles. The van der Waals surface area contributed by atoms with Gasteiger partial charge in [-0.3, -0.25) is 9.36 Å². The van der Waals surface area contributed by atoms with Crippen molar-refractivity contribution in [2.75, 3.05) is 31.1 Å². The molecule has 0 spiro atoms. The first-order valence-corrected chi connectivity index (χ1v) is 10.9. The minimum atomic E-state index is -4.47. The molecule has 0 bridgehead atoms. The highest BCUT2D eigenvalue weighted by molar-refractivity contribution is 7.89. The monoisotopic (exact) mass is 452 g/mol. The second-order valence-corrected chi connectivity index (χ2v) is 9.15. The first kappa shape index (κ1) is 21.3. The summed E-state index contributed by atoms with van der Waals surface area (Å²) in [5.41, 5.74) is -0.176. The molecule has 0 unspecified atom stereocenters. The summed E-state index contributed by atoms with van der Waals surface area (Å²) in [6, 6.07) is 8.11. The number of piperazine rings is 1. The Morgan fingerprint density at radius 1 is 1.03 bits per heavy atom. The highest BCUT2D eigenvalue weighted by Gasteiger charge is 2.33. The molecule has 0 aliphatic carbocycles. The number of hydrogen-bond acceptors (Lipinski definition) is 5. The van der Waals surface area contributed by atoms with Crippen molar-refractivity contribution in [3.8, 4) is 0 Å². The molecular weight excluding hydrogens is 433 g/mol. The smallest absolute Gasteiger partial charge is 0.354 e. The van der Waals surface area contributed by atoms with E-state index < -0.39 is 21.8 Å². The maximum absolute atomic E-state index is 13.1. The van der Waals surface area contributed by atoms with Gasteiger partial charge in [-0.25, -0.2) is 13.4 Å². The lowest BCUT2D eigenvalue weighted by Crippen LogP contribution is -2.49. The maximum Gasteiger partial charge on any atom is 0.416 e. The van der Waals surface area contributed by atoms with Crippen molar-refractivity contribution in [2.45, 2.75) is 18.0 Å². The molecule has 1 aromatic carbocycles. The van der Waals surface area contributed by atoms with E-state index in [1.165, 1.54) is 27.9 Å². The quantitative estimate of drug-likeness (QED) is 0.610. The van der Waals surface area contributed by atoms with E-state index in [-0.39, 0.29) is 42.8 Å². The van der Waals surface area contributed by atoms with Gasteiger partial charge < -0.3 is 4.90 Å². The Labute approximate surface area is 176 Å². The number of carbonyl (C=O) groups excluding carboxylic acids is 1. The van der Waals surface area contributed by atoms with E-state index in [4.69, 9.17) is 0 Å². The Kier molecular flexibility index (Phi) is 5.26. The molecule has 3 aromatic rings. The van der Waals surface area contributed by atoms with Gasteiger partial charge in [-0.05, 0) is 36.4 Å². The lowest BCUT2D eigenvalue weighted by Gasteiger charge is -2.34. The number of rotatable bonds is 3. The highest BCUT2D eigenvalue weighted by atomic mass is 32.2. The minimum absolute atomic E-state index is 0.104. The van der Waals surface area contributed by atoms with E-state index >= 15 is 0 Å². The number of aromatic nitrogens is 2. The summed E-state index contributed by atoms with van der Waals surface area (Å²) in [5, 5.41) is 0.628. The topological polar surface area (TPSA) is 75.5 Å². The Bertz CT molecular complexity index is 1250. The largest absolute Gasteiger partial charge is 0.416 e. The zero-order chi connectivity index (χ0) is 22.4. The SMILES string of the molecule is CC(=O)n1ccc2cc(S(=O)(=O)N3CCN(c4cc(C(F)(F)F)ccn4)CC3)ccc21. The van der Waals surface area contributed by atoms with Crippen LogP contribution < -0.4 is 4.90 Å². The van der Waals surface area contributed by atoms with Gasteiger partial charge in [-0.1, -0.05) is 0 Å². The zero-order valence-corrected chi connectivity index (χ0v) is 17.3. The van der Waals surface area contributed by atoms with Gasteiger partial charge in [0.25, 0.3) is 0 Å². The average Bonchev–Trinajstić information content (AvgIpc) is 3.17. The van der Waals surface area contributed by atoms with Gasteiger partial charge in [0.2, 0.25) is 15.9 Å². The van der Waals surface area contributed by atoms with Crippen LogP contribution in [0.4, 0.5) is 19.0 Å². The number of carbonyl (C=O) groups is 1. The van der Waals surface area contributed by atoms with E-state index in [0.717, 1.165) is 18.3 Å². The number of halogens is 3. The molecule has 0 atom stereocenters. The normalized spacial score (nSPS) is 16.1. The number of alkyl halides is 3. The van der Waals surface area contributed by atoms with Gasteiger partial charge in [-0.15, -0.1) is 0 Å². The van der Waals surface area contributed by atoms with Crippen LogP contribution in [0.25, 0.3) is 10.9 Å². The van der Waals surface area contributed by atoms with Crippen molar-refractivity contribution in [3.63, 3.8) is 0 Å². The number of nitrogens with zero attached hydrogens (tertiary/aromatic N) is 4. The third-order valence-electron chi connectivity index (χ3n) is 5.27. The molecule has 0 radical (unpaired) electrons. The van der Waals surface area contributed by atoms with Gasteiger partial charge in [0.1, 0.15) is 5.82 Å². The van der Waals surface area contributed by atoms with E-state index in [1.54, 1.807) is 23.2 Å². The number of fused-ring (bicyclic) bond motifs is 1. The van der Waals surface area contributed by atoms with Gasteiger partial charge in [0, 0.05) is 50.9 Å². The van der Waals surface area contributed by atoms with Crippen molar-refractivity contribution in [1.82, 2.24) is 13.9 Å². The van der Waals surface area contributed by atoms with Crippen LogP contribution in [0.15, 0.2) is 53.7 Å². The molecular formula is C20H19F3N4O3S. The van der Waals surface area contributed by atoms with Crippen LogP contribution in [-0.4, -0.2) is 54.4 Å². The fourth-order valence-electron chi connectivity index (χ4n) is 3.63. The lowest BCUT2D eigenvalue weighted by atomic mass is 10.2. The minimum Gasteiger partial charge on any atom is -0.354 e. The van der Waals surface area contributed by atoms with Crippen LogP contribution in [0, 0.1) is 0 Å². The molecule has 164 valence electrons. The van der Waals surface area contributed by atoms with Crippen LogP contribution in [0.1, 0.15) is 17.3 Å². The summed E-state index contributed by atoms with van der Waals surface area (Å²) in [6.07, 6.45) is -1.78. The number of pyridine rings is 1. The molecule has 1 saturated heterocycles. The summed E-state index contributed by atoms with van der Waals surface area (Å²) >= 11 is 0. The first-order chi connectivity index (χ1) is 14.6. The van der Waals surface area contributed by atoms with Gasteiger partial charge in [-0.2, -0.15) is 17.5 Å². The fourth-order valence-corrected chi connectivity index (χ4v) is 5.09. The third-order valence-corrected chi connectivity index (χ3v) is 7.17. The van der Waals surface area contributed by atoms with E-state index in [2.05, 4.69) is 4.98 Å². The van der Waals surface area contributed by atoms with Crippen molar-refractivity contribution in [3.05, 3.63) is 54.4 Å². The molecule has 1 aliphatic heterocycles. The van der Waals surface area contributed by atoms with Gasteiger partial charge in [0.05, 0.1) is 16.0 Å². The molecule has 3 heterocycles. The molecule has 1 aliphatic rings.